The van der Waals surface area contributed by atoms with E-state index < -0.39 is 21.5 Å². The lowest BCUT2D eigenvalue weighted by atomic mass is 10.0. The number of aryl methyl sites for hydroxylation is 2. The maximum absolute atomic E-state index is 12.7. The van der Waals surface area contributed by atoms with Crippen LogP contribution in [0.5, 0.6) is 0 Å². The van der Waals surface area contributed by atoms with Crippen molar-refractivity contribution >= 4 is 32.2 Å². The number of carbonyl (C=O) groups is 1. The molecule has 0 aliphatic carbocycles. The zero-order chi connectivity index (χ0) is 19.4. The number of hydrogen-bond donors (Lipinski definition) is 1. The van der Waals surface area contributed by atoms with Crippen molar-refractivity contribution in [1.29, 1.82) is 0 Å². The van der Waals surface area contributed by atoms with Gasteiger partial charge in [0.25, 0.3) is 0 Å². The molecule has 0 heterocycles. The van der Waals surface area contributed by atoms with Crippen molar-refractivity contribution < 1.29 is 13.2 Å². The van der Waals surface area contributed by atoms with Gasteiger partial charge in [0.1, 0.15) is 5.75 Å². The van der Waals surface area contributed by atoms with E-state index in [0.29, 0.717) is 0 Å². The highest BCUT2D eigenvalue weighted by atomic mass is 32.2. The van der Waals surface area contributed by atoms with Gasteiger partial charge in [-0.15, -0.1) is 0 Å². The topological polar surface area (TPSA) is 63.2 Å². The second-order valence-electron chi connectivity index (χ2n) is 6.47. The highest BCUT2D eigenvalue weighted by Crippen LogP contribution is 2.24. The summed E-state index contributed by atoms with van der Waals surface area (Å²) in [6.07, 6.45) is 1.53. The Morgan fingerprint density at radius 1 is 0.852 bits per heavy atom. The summed E-state index contributed by atoms with van der Waals surface area (Å²) < 4.78 is 25.4. The van der Waals surface area contributed by atoms with Gasteiger partial charge in [0.05, 0.1) is 4.90 Å². The average Bonchev–Trinajstić information content (AvgIpc) is 2.67. The van der Waals surface area contributed by atoms with Crippen LogP contribution in [0.1, 0.15) is 25.0 Å². The number of carbonyl (C=O) groups excluding carboxylic acids is 1. The van der Waals surface area contributed by atoms with Gasteiger partial charge in [-0.3, -0.25) is 4.79 Å². The molecule has 0 saturated heterocycles. The minimum Gasteiger partial charge on any atom is -0.325 e. The second-order valence-corrected chi connectivity index (χ2v) is 8.46. The Hall–Kier alpha value is -2.66. The molecule has 0 spiro atoms. The molecule has 0 fully saturated rings. The van der Waals surface area contributed by atoms with Crippen molar-refractivity contribution in [2.24, 2.45) is 0 Å². The van der Waals surface area contributed by atoms with E-state index in [1.165, 1.54) is 0 Å². The monoisotopic (exact) mass is 381 g/mol. The molecule has 0 radical (unpaired) electrons. The Morgan fingerprint density at radius 2 is 1.48 bits per heavy atom. The molecule has 140 valence electrons. The first-order valence-electron chi connectivity index (χ1n) is 9.06. The Kier molecular flexibility index (Phi) is 5.61. The van der Waals surface area contributed by atoms with E-state index >= 15 is 0 Å². The van der Waals surface area contributed by atoms with Gasteiger partial charge in [-0.25, -0.2) is 8.42 Å². The van der Waals surface area contributed by atoms with Crippen LogP contribution in [0.4, 0.5) is 5.69 Å². The standard InChI is InChI=1S/C22H23NO3S/c1-3-16-10-7-11-17(4-2)22(16)23-21(24)15-27(25,26)20-13-12-18-8-5-6-9-19(18)14-20/h5-14H,3-4,15H2,1-2H3,(H,23,24). The third kappa shape index (κ3) is 4.19. The van der Waals surface area contributed by atoms with Crippen molar-refractivity contribution in [3.8, 4) is 0 Å². The fraction of sp³-hybridized carbons (Fsp3) is 0.227. The summed E-state index contributed by atoms with van der Waals surface area (Å²) in [7, 11) is -3.72. The van der Waals surface area contributed by atoms with E-state index in [9.17, 15) is 13.2 Å². The summed E-state index contributed by atoms with van der Waals surface area (Å²) in [6.45, 7) is 4.02. The number of benzene rings is 3. The Balaban J connectivity index is 1.84. The largest absolute Gasteiger partial charge is 0.325 e. The lowest BCUT2D eigenvalue weighted by molar-refractivity contribution is -0.113. The van der Waals surface area contributed by atoms with Gasteiger partial charge >= 0.3 is 0 Å². The van der Waals surface area contributed by atoms with Crippen LogP contribution < -0.4 is 5.32 Å². The summed E-state index contributed by atoms with van der Waals surface area (Å²) >= 11 is 0. The Labute approximate surface area is 160 Å². The molecule has 4 nitrogen and oxygen atoms in total. The second kappa shape index (κ2) is 7.92. The summed E-state index contributed by atoms with van der Waals surface area (Å²) in [4.78, 5) is 12.7. The van der Waals surface area contributed by atoms with Gasteiger partial charge in [-0.2, -0.15) is 0 Å². The van der Waals surface area contributed by atoms with E-state index in [2.05, 4.69) is 5.32 Å². The summed E-state index contributed by atoms with van der Waals surface area (Å²) in [5.74, 6) is -1.09. The third-order valence-electron chi connectivity index (χ3n) is 4.66. The minimum absolute atomic E-state index is 0.163. The predicted molar refractivity (Wildman–Crippen MR) is 110 cm³/mol. The normalized spacial score (nSPS) is 11.5. The van der Waals surface area contributed by atoms with Crippen molar-refractivity contribution in [3.05, 3.63) is 71.8 Å². The van der Waals surface area contributed by atoms with Gasteiger partial charge in [0.2, 0.25) is 5.91 Å². The fourth-order valence-corrected chi connectivity index (χ4v) is 4.36. The SMILES string of the molecule is CCc1cccc(CC)c1NC(=O)CS(=O)(=O)c1ccc2ccccc2c1. The average molecular weight is 381 g/mol. The first kappa shape index (κ1) is 19.1. The molecule has 0 aliphatic heterocycles. The summed E-state index contributed by atoms with van der Waals surface area (Å²) in [6, 6.07) is 18.4. The lowest BCUT2D eigenvalue weighted by Gasteiger charge is -2.14. The maximum atomic E-state index is 12.7. The molecular formula is C22H23NO3S. The van der Waals surface area contributed by atoms with E-state index in [0.717, 1.165) is 40.4 Å². The van der Waals surface area contributed by atoms with Crippen LogP contribution in [0.25, 0.3) is 10.8 Å². The molecule has 3 rings (SSSR count). The van der Waals surface area contributed by atoms with Gasteiger partial charge in [0.15, 0.2) is 9.84 Å². The lowest BCUT2D eigenvalue weighted by Crippen LogP contribution is -2.24. The van der Waals surface area contributed by atoms with Crippen LogP contribution in [0.3, 0.4) is 0 Å². The van der Waals surface area contributed by atoms with Crippen molar-refractivity contribution in [3.63, 3.8) is 0 Å². The molecule has 0 atom stereocenters. The quantitative estimate of drug-likeness (QED) is 0.689. The van der Waals surface area contributed by atoms with E-state index in [4.69, 9.17) is 0 Å². The van der Waals surface area contributed by atoms with Gasteiger partial charge in [-0.1, -0.05) is 62.4 Å². The van der Waals surface area contributed by atoms with Crippen LogP contribution >= 0.6 is 0 Å². The van der Waals surface area contributed by atoms with Crippen molar-refractivity contribution in [1.82, 2.24) is 0 Å². The highest BCUT2D eigenvalue weighted by molar-refractivity contribution is 7.92. The van der Waals surface area contributed by atoms with Crippen LogP contribution in [0.2, 0.25) is 0 Å². The Morgan fingerprint density at radius 3 is 2.11 bits per heavy atom. The van der Waals surface area contributed by atoms with Crippen LogP contribution in [-0.4, -0.2) is 20.1 Å². The number of sulfone groups is 1. The molecule has 1 amide bonds. The first-order valence-corrected chi connectivity index (χ1v) is 10.7. The van der Waals surface area contributed by atoms with Crippen molar-refractivity contribution in [2.45, 2.75) is 31.6 Å². The first-order chi connectivity index (χ1) is 12.9. The van der Waals surface area contributed by atoms with Crippen LogP contribution in [0.15, 0.2) is 65.6 Å². The minimum atomic E-state index is -3.72. The number of fused-ring (bicyclic) bond motifs is 1. The van der Waals surface area contributed by atoms with E-state index in [1.807, 2.05) is 56.3 Å². The number of para-hydroxylation sites is 1. The van der Waals surface area contributed by atoms with Crippen LogP contribution in [-0.2, 0) is 27.5 Å². The molecule has 27 heavy (non-hydrogen) atoms. The highest BCUT2D eigenvalue weighted by Gasteiger charge is 2.21. The number of hydrogen-bond acceptors (Lipinski definition) is 3. The molecule has 3 aromatic carbocycles. The molecular weight excluding hydrogens is 358 g/mol. The van der Waals surface area contributed by atoms with Gasteiger partial charge in [0, 0.05) is 5.69 Å². The Bertz CT molecular complexity index is 1070. The molecule has 3 aromatic rings. The molecule has 5 heteroatoms. The third-order valence-corrected chi connectivity index (χ3v) is 6.28. The molecule has 0 bridgehead atoms. The van der Waals surface area contributed by atoms with Crippen LogP contribution in [0, 0.1) is 0 Å². The fourth-order valence-electron chi connectivity index (χ4n) is 3.20. The zero-order valence-electron chi connectivity index (χ0n) is 15.5. The number of amides is 1. The number of nitrogens with one attached hydrogen (secondary N) is 1. The number of anilines is 1. The zero-order valence-corrected chi connectivity index (χ0v) is 16.3. The van der Waals surface area contributed by atoms with Crippen molar-refractivity contribution in [2.75, 3.05) is 11.1 Å². The van der Waals surface area contributed by atoms with Gasteiger partial charge in [-0.05, 0) is 46.9 Å². The van der Waals surface area contributed by atoms with E-state index in [1.54, 1.807) is 18.2 Å². The molecule has 0 aromatic heterocycles. The molecule has 0 saturated carbocycles. The van der Waals surface area contributed by atoms with E-state index in [-0.39, 0.29) is 4.90 Å². The predicted octanol–water partition coefficient (Wildman–Crippen LogP) is 4.38. The molecule has 0 aliphatic rings. The summed E-state index contributed by atoms with van der Waals surface area (Å²) in [5, 5.41) is 4.63. The smallest absolute Gasteiger partial charge is 0.239 e. The molecule has 1 N–H and O–H groups in total. The molecule has 0 unspecified atom stereocenters. The van der Waals surface area contributed by atoms with Gasteiger partial charge < -0.3 is 5.32 Å². The maximum Gasteiger partial charge on any atom is 0.239 e. The summed E-state index contributed by atoms with van der Waals surface area (Å²) in [5.41, 5.74) is 2.75. The number of rotatable bonds is 6.